The molecule has 0 radical (unpaired) electrons. The van der Waals surface area contributed by atoms with Crippen LogP contribution in [0.15, 0.2) is 12.1 Å². The Balaban J connectivity index is 2.40. The fourth-order valence-corrected chi connectivity index (χ4v) is 2.59. The van der Waals surface area contributed by atoms with E-state index in [1.54, 1.807) is 4.90 Å². The Bertz CT molecular complexity index is 530. The molecule has 1 aromatic heterocycles. The third kappa shape index (κ3) is 3.45. The number of hydrogen-bond acceptors (Lipinski definition) is 4. The van der Waals surface area contributed by atoms with E-state index >= 15 is 0 Å². The van der Waals surface area contributed by atoms with Crippen molar-refractivity contribution in [3.05, 3.63) is 23.4 Å². The van der Waals surface area contributed by atoms with Crippen molar-refractivity contribution in [1.29, 1.82) is 5.26 Å². The first-order valence-electron chi connectivity index (χ1n) is 6.93. The first-order valence-corrected chi connectivity index (χ1v) is 6.93. The van der Waals surface area contributed by atoms with Gasteiger partial charge in [0.1, 0.15) is 17.6 Å². The molecule has 0 spiro atoms. The van der Waals surface area contributed by atoms with Gasteiger partial charge >= 0.3 is 6.18 Å². The van der Waals surface area contributed by atoms with Gasteiger partial charge in [-0.3, -0.25) is 0 Å². The van der Waals surface area contributed by atoms with Gasteiger partial charge in [0, 0.05) is 19.1 Å². The van der Waals surface area contributed by atoms with Crippen molar-refractivity contribution in [3.63, 3.8) is 0 Å². The van der Waals surface area contributed by atoms with Crippen LogP contribution >= 0.6 is 0 Å². The Morgan fingerprint density at radius 2 is 2.24 bits per heavy atom. The number of pyridine rings is 1. The molecule has 1 fully saturated rings. The van der Waals surface area contributed by atoms with Crippen LogP contribution < -0.4 is 10.2 Å². The smallest absolute Gasteiger partial charge is 0.352 e. The van der Waals surface area contributed by atoms with Crippen LogP contribution in [0.1, 0.15) is 31.0 Å². The maximum atomic E-state index is 12.8. The van der Waals surface area contributed by atoms with Gasteiger partial charge < -0.3 is 10.2 Å². The molecular weight excluding hydrogens is 281 g/mol. The molecule has 0 bridgehead atoms. The molecule has 114 valence electrons. The third-order valence-electron chi connectivity index (χ3n) is 3.61. The maximum absolute atomic E-state index is 12.8. The van der Waals surface area contributed by atoms with Crippen molar-refractivity contribution in [1.82, 2.24) is 10.3 Å². The lowest BCUT2D eigenvalue weighted by Gasteiger charge is -2.35. The standard InChI is InChI=1S/C14H17F3N4/c1-2-21(11-4-3-7-19-9-11)13-10(8-18)5-6-12(20-13)14(15,16)17/h5-6,11,19H,2-4,7,9H2,1H3. The predicted molar refractivity (Wildman–Crippen MR) is 72.9 cm³/mol. The van der Waals surface area contributed by atoms with Gasteiger partial charge in [-0.15, -0.1) is 0 Å². The molecule has 2 heterocycles. The number of piperidine rings is 1. The van der Waals surface area contributed by atoms with E-state index in [1.165, 1.54) is 6.07 Å². The number of rotatable bonds is 3. The molecule has 1 unspecified atom stereocenters. The van der Waals surface area contributed by atoms with E-state index < -0.39 is 11.9 Å². The molecule has 1 saturated heterocycles. The molecule has 21 heavy (non-hydrogen) atoms. The summed E-state index contributed by atoms with van der Waals surface area (Å²) in [7, 11) is 0. The molecular formula is C14H17F3N4. The highest BCUT2D eigenvalue weighted by Gasteiger charge is 2.34. The summed E-state index contributed by atoms with van der Waals surface area (Å²) in [6, 6.07) is 4.05. The van der Waals surface area contributed by atoms with Crippen LogP contribution in [-0.4, -0.2) is 30.7 Å². The van der Waals surface area contributed by atoms with Gasteiger partial charge in [0.05, 0.1) is 5.56 Å². The Morgan fingerprint density at radius 3 is 2.76 bits per heavy atom. The minimum atomic E-state index is -4.51. The van der Waals surface area contributed by atoms with Crippen LogP contribution in [0.5, 0.6) is 0 Å². The van der Waals surface area contributed by atoms with E-state index in [1.807, 2.05) is 13.0 Å². The van der Waals surface area contributed by atoms with Crippen LogP contribution in [0, 0.1) is 11.3 Å². The normalized spacial score (nSPS) is 19.1. The number of hydrogen-bond donors (Lipinski definition) is 1. The summed E-state index contributed by atoms with van der Waals surface area (Å²) < 4.78 is 38.5. The Morgan fingerprint density at radius 1 is 1.48 bits per heavy atom. The second kappa shape index (κ2) is 6.31. The monoisotopic (exact) mass is 298 g/mol. The van der Waals surface area contributed by atoms with Crippen LogP contribution in [0.2, 0.25) is 0 Å². The zero-order valence-electron chi connectivity index (χ0n) is 11.7. The maximum Gasteiger partial charge on any atom is 0.433 e. The number of nitrogens with one attached hydrogen (secondary N) is 1. The SMILES string of the molecule is CCN(c1nc(C(F)(F)F)ccc1C#N)C1CCCNC1. The van der Waals surface area contributed by atoms with E-state index in [9.17, 15) is 13.2 Å². The minimum absolute atomic E-state index is 0.0619. The molecule has 0 saturated carbocycles. The summed E-state index contributed by atoms with van der Waals surface area (Å²) in [4.78, 5) is 5.50. The van der Waals surface area contributed by atoms with Gasteiger partial charge in [0.2, 0.25) is 0 Å². The van der Waals surface area contributed by atoms with Gasteiger partial charge in [-0.25, -0.2) is 4.98 Å². The fourth-order valence-electron chi connectivity index (χ4n) is 2.59. The molecule has 1 aliphatic rings. The topological polar surface area (TPSA) is 52.0 Å². The number of likely N-dealkylation sites (N-methyl/N-ethyl adjacent to an activating group) is 1. The lowest BCUT2D eigenvalue weighted by atomic mass is 10.0. The largest absolute Gasteiger partial charge is 0.433 e. The highest BCUT2D eigenvalue weighted by atomic mass is 19.4. The third-order valence-corrected chi connectivity index (χ3v) is 3.61. The van der Waals surface area contributed by atoms with Crippen molar-refractivity contribution in [2.24, 2.45) is 0 Å². The average Bonchev–Trinajstić information content (AvgIpc) is 2.48. The Labute approximate surface area is 121 Å². The zero-order valence-corrected chi connectivity index (χ0v) is 11.7. The molecule has 4 nitrogen and oxygen atoms in total. The number of aromatic nitrogens is 1. The lowest BCUT2D eigenvalue weighted by Crippen LogP contribution is -2.46. The van der Waals surface area contributed by atoms with Crippen molar-refractivity contribution >= 4 is 5.82 Å². The highest BCUT2D eigenvalue weighted by Crippen LogP contribution is 2.31. The van der Waals surface area contributed by atoms with Gasteiger partial charge in [-0.2, -0.15) is 18.4 Å². The second-order valence-corrected chi connectivity index (χ2v) is 4.96. The summed E-state index contributed by atoms with van der Waals surface area (Å²) in [5.41, 5.74) is -0.783. The quantitative estimate of drug-likeness (QED) is 0.932. The van der Waals surface area contributed by atoms with Crippen LogP contribution in [0.25, 0.3) is 0 Å². The summed E-state index contributed by atoms with van der Waals surface area (Å²) in [6.45, 7) is 3.97. The molecule has 1 aromatic rings. The zero-order chi connectivity index (χ0) is 15.5. The second-order valence-electron chi connectivity index (χ2n) is 4.96. The predicted octanol–water partition coefficient (Wildman–Crippen LogP) is 2.55. The van der Waals surface area contributed by atoms with Crippen LogP contribution in [0.3, 0.4) is 0 Å². The Hall–Kier alpha value is -1.81. The summed E-state index contributed by atoms with van der Waals surface area (Å²) >= 11 is 0. The van der Waals surface area contributed by atoms with Crippen molar-refractivity contribution in [2.75, 3.05) is 24.5 Å². The molecule has 0 amide bonds. The van der Waals surface area contributed by atoms with Gasteiger partial charge in [-0.05, 0) is 38.4 Å². The summed E-state index contributed by atoms with van der Waals surface area (Å²) in [6.07, 6.45) is -2.67. The van der Waals surface area contributed by atoms with Gasteiger partial charge in [0.15, 0.2) is 0 Å². The number of anilines is 1. The molecule has 2 rings (SSSR count). The van der Waals surface area contributed by atoms with Crippen molar-refractivity contribution in [3.8, 4) is 6.07 Å². The lowest BCUT2D eigenvalue weighted by molar-refractivity contribution is -0.141. The molecule has 1 aliphatic heterocycles. The molecule has 0 aromatic carbocycles. The van der Waals surface area contributed by atoms with E-state index in [2.05, 4.69) is 10.3 Å². The number of nitrogens with zero attached hydrogens (tertiary/aromatic N) is 3. The van der Waals surface area contributed by atoms with E-state index in [4.69, 9.17) is 5.26 Å². The van der Waals surface area contributed by atoms with E-state index in [0.29, 0.717) is 13.1 Å². The first-order chi connectivity index (χ1) is 9.97. The molecule has 1 N–H and O–H groups in total. The molecule has 0 aliphatic carbocycles. The first kappa shape index (κ1) is 15.6. The van der Waals surface area contributed by atoms with Crippen molar-refractivity contribution in [2.45, 2.75) is 32.0 Å². The number of nitriles is 1. The molecule has 1 atom stereocenters. The Kier molecular flexibility index (Phi) is 4.68. The van der Waals surface area contributed by atoms with Gasteiger partial charge in [-0.1, -0.05) is 0 Å². The van der Waals surface area contributed by atoms with Crippen molar-refractivity contribution < 1.29 is 13.2 Å². The summed E-state index contributed by atoms with van der Waals surface area (Å²) in [5, 5.41) is 12.4. The number of alkyl halides is 3. The fraction of sp³-hybridized carbons (Fsp3) is 0.571. The minimum Gasteiger partial charge on any atom is -0.352 e. The van der Waals surface area contributed by atoms with E-state index in [0.717, 1.165) is 25.5 Å². The highest BCUT2D eigenvalue weighted by molar-refractivity contribution is 5.55. The van der Waals surface area contributed by atoms with E-state index in [-0.39, 0.29) is 17.4 Å². The van der Waals surface area contributed by atoms with Gasteiger partial charge in [0.25, 0.3) is 0 Å². The van der Waals surface area contributed by atoms with Crippen LogP contribution in [-0.2, 0) is 6.18 Å². The molecule has 7 heteroatoms. The van der Waals surface area contributed by atoms with Crippen LogP contribution in [0.4, 0.5) is 19.0 Å². The number of halogens is 3. The summed E-state index contributed by atoms with van der Waals surface area (Å²) in [5.74, 6) is 0.128. The average molecular weight is 298 g/mol.